The van der Waals surface area contributed by atoms with E-state index in [1.54, 1.807) is 0 Å². The van der Waals surface area contributed by atoms with Crippen LogP contribution in [0.1, 0.15) is 232 Å². The van der Waals surface area contributed by atoms with Gasteiger partial charge in [0.2, 0.25) is 5.91 Å². The molecule has 2 N–H and O–H groups in total. The summed E-state index contributed by atoms with van der Waals surface area (Å²) in [5.41, 5.74) is 0. The largest absolute Gasteiger partial charge is 0.480 e. The van der Waals surface area contributed by atoms with Crippen LogP contribution in [0.4, 0.5) is 0 Å². The number of carbonyl (C=O) groups excluding carboxylic acids is 2. The zero-order chi connectivity index (χ0) is 37.3. The van der Waals surface area contributed by atoms with Crippen molar-refractivity contribution in [2.24, 2.45) is 0 Å². The summed E-state index contributed by atoms with van der Waals surface area (Å²) < 4.78 is 6.01. The maximum atomic E-state index is 12.7. The van der Waals surface area contributed by atoms with Crippen molar-refractivity contribution in [2.75, 3.05) is 6.54 Å². The quantitative estimate of drug-likeness (QED) is 0.0374. The third kappa shape index (κ3) is 40.5. The van der Waals surface area contributed by atoms with Gasteiger partial charge in [0.1, 0.15) is 12.6 Å². The first-order valence-corrected chi connectivity index (χ1v) is 22.0. The zero-order valence-corrected chi connectivity index (χ0v) is 33.7. The summed E-state index contributed by atoms with van der Waals surface area (Å²) in [7, 11) is 0. The first kappa shape index (κ1) is 48.9. The van der Waals surface area contributed by atoms with Gasteiger partial charge < -0.3 is 15.2 Å². The molecule has 6 nitrogen and oxygen atoms in total. The Bertz CT molecular complexity index is 838. The summed E-state index contributed by atoms with van der Waals surface area (Å²) in [6.45, 7) is 4.21. The second kappa shape index (κ2) is 40.7. The number of amides is 1. The molecule has 0 aromatic rings. The van der Waals surface area contributed by atoms with Crippen molar-refractivity contribution in [3.63, 3.8) is 0 Å². The molecule has 0 spiro atoms. The summed E-state index contributed by atoms with van der Waals surface area (Å²) >= 11 is 0. The monoisotopic (exact) mass is 718 g/mol. The maximum absolute atomic E-state index is 12.7. The SMILES string of the molecule is CCCCC/C=C\C/C=C\CCCC(CCCCCCCC(=O)NCC(=O)O)OC(=O)CCCCCCCCCCCCCCCCCCCC. The number of aliphatic carboxylic acids is 1. The second-order valence-corrected chi connectivity index (χ2v) is 15.0. The second-order valence-electron chi connectivity index (χ2n) is 15.0. The van der Waals surface area contributed by atoms with Gasteiger partial charge in [-0.3, -0.25) is 14.4 Å². The Morgan fingerprint density at radius 1 is 0.510 bits per heavy atom. The first-order chi connectivity index (χ1) is 25.0. The topological polar surface area (TPSA) is 92.7 Å². The number of rotatable bonds is 40. The number of esters is 1. The van der Waals surface area contributed by atoms with Crippen LogP contribution in [0.25, 0.3) is 0 Å². The highest BCUT2D eigenvalue weighted by atomic mass is 16.5. The van der Waals surface area contributed by atoms with Crippen molar-refractivity contribution < 1.29 is 24.2 Å². The van der Waals surface area contributed by atoms with Gasteiger partial charge in [-0.2, -0.15) is 0 Å². The minimum absolute atomic E-state index is 0.0123. The maximum Gasteiger partial charge on any atom is 0.322 e. The molecule has 0 bridgehead atoms. The van der Waals surface area contributed by atoms with Crippen LogP contribution in [0, 0.1) is 0 Å². The van der Waals surface area contributed by atoms with Crippen LogP contribution in [0.2, 0.25) is 0 Å². The number of carboxylic acid groups (broad SMARTS) is 1. The lowest BCUT2D eigenvalue weighted by Crippen LogP contribution is -2.28. The molecule has 1 amide bonds. The van der Waals surface area contributed by atoms with Crippen LogP contribution in [0.15, 0.2) is 24.3 Å². The van der Waals surface area contributed by atoms with Gasteiger partial charge in [0.05, 0.1) is 0 Å². The summed E-state index contributed by atoms with van der Waals surface area (Å²) in [5.74, 6) is -1.25. The Hall–Kier alpha value is -2.11. The van der Waals surface area contributed by atoms with Gasteiger partial charge in [0, 0.05) is 12.8 Å². The molecule has 0 rings (SSSR count). The predicted octanol–water partition coefficient (Wildman–Crippen LogP) is 13.5. The zero-order valence-electron chi connectivity index (χ0n) is 33.7. The summed E-state index contributed by atoms with van der Waals surface area (Å²) in [5, 5.41) is 11.1. The fourth-order valence-electron chi connectivity index (χ4n) is 6.61. The van der Waals surface area contributed by atoms with Gasteiger partial charge in [0.25, 0.3) is 0 Å². The number of hydrogen-bond acceptors (Lipinski definition) is 4. The van der Waals surface area contributed by atoms with Gasteiger partial charge >= 0.3 is 11.9 Å². The van der Waals surface area contributed by atoms with E-state index in [4.69, 9.17) is 9.84 Å². The van der Waals surface area contributed by atoms with Crippen LogP contribution in [-0.4, -0.2) is 35.6 Å². The Balaban J connectivity index is 4.11. The van der Waals surface area contributed by atoms with Crippen LogP contribution in [-0.2, 0) is 19.1 Å². The number of ether oxygens (including phenoxy) is 1. The Labute approximate surface area is 315 Å². The number of allylic oxidation sites excluding steroid dienone is 4. The summed E-state index contributed by atoms with van der Waals surface area (Å²) in [4.78, 5) is 35.0. The standard InChI is InChI=1S/C45H83NO5/c1-3-5-7-9-11-13-15-16-17-18-19-20-21-23-25-27-32-36-40-45(50)51-42(37-33-29-26-24-22-14-12-10-8-6-4-2)38-34-30-28-31-35-39-43(47)46-41-44(48)49/h12,14,24,26,42H,3-11,13,15-23,25,27-41H2,1-2H3,(H,46,47)(H,48,49)/b14-12-,26-24-. The predicted molar refractivity (Wildman–Crippen MR) is 217 cm³/mol. The van der Waals surface area contributed by atoms with Crippen molar-refractivity contribution in [1.29, 1.82) is 0 Å². The highest BCUT2D eigenvalue weighted by Gasteiger charge is 2.14. The number of carboxylic acids is 1. The molecule has 0 aliphatic heterocycles. The third-order valence-electron chi connectivity index (χ3n) is 9.88. The van der Waals surface area contributed by atoms with Gasteiger partial charge in [-0.15, -0.1) is 0 Å². The van der Waals surface area contributed by atoms with Crippen LogP contribution >= 0.6 is 0 Å². The highest BCUT2D eigenvalue weighted by molar-refractivity contribution is 5.80. The molecule has 0 heterocycles. The highest BCUT2D eigenvalue weighted by Crippen LogP contribution is 2.18. The fourth-order valence-corrected chi connectivity index (χ4v) is 6.61. The van der Waals surface area contributed by atoms with E-state index in [0.717, 1.165) is 77.0 Å². The van der Waals surface area contributed by atoms with E-state index >= 15 is 0 Å². The molecule has 0 saturated carbocycles. The first-order valence-electron chi connectivity index (χ1n) is 22.0. The third-order valence-corrected chi connectivity index (χ3v) is 9.88. The van der Waals surface area contributed by atoms with Crippen molar-refractivity contribution in [3.05, 3.63) is 24.3 Å². The van der Waals surface area contributed by atoms with Crippen molar-refractivity contribution >= 4 is 17.8 Å². The normalized spacial score (nSPS) is 12.2. The smallest absolute Gasteiger partial charge is 0.322 e. The van der Waals surface area contributed by atoms with Gasteiger partial charge in [-0.1, -0.05) is 179 Å². The number of unbranched alkanes of at least 4 members (excludes halogenated alkanes) is 25. The van der Waals surface area contributed by atoms with Gasteiger partial charge in [0.15, 0.2) is 0 Å². The summed E-state index contributed by atoms with van der Waals surface area (Å²) in [6.07, 6.45) is 48.8. The molecule has 0 radical (unpaired) electrons. The average molecular weight is 718 g/mol. The lowest BCUT2D eigenvalue weighted by molar-refractivity contribution is -0.150. The van der Waals surface area contributed by atoms with E-state index < -0.39 is 5.97 Å². The minimum atomic E-state index is -1.02. The van der Waals surface area contributed by atoms with Crippen molar-refractivity contribution in [1.82, 2.24) is 5.32 Å². The molecular weight excluding hydrogens is 634 g/mol. The van der Waals surface area contributed by atoms with E-state index in [-0.39, 0.29) is 24.5 Å². The van der Waals surface area contributed by atoms with E-state index in [1.807, 2.05) is 0 Å². The lowest BCUT2D eigenvalue weighted by Gasteiger charge is -2.18. The van der Waals surface area contributed by atoms with Gasteiger partial charge in [-0.05, 0) is 64.2 Å². The Kier molecular flexibility index (Phi) is 39.0. The molecule has 0 aromatic carbocycles. The molecule has 0 aromatic heterocycles. The molecule has 298 valence electrons. The van der Waals surface area contributed by atoms with Gasteiger partial charge in [-0.25, -0.2) is 0 Å². The van der Waals surface area contributed by atoms with E-state index in [0.29, 0.717) is 12.8 Å². The molecule has 0 aliphatic carbocycles. The summed E-state index contributed by atoms with van der Waals surface area (Å²) in [6, 6.07) is 0. The van der Waals surface area contributed by atoms with E-state index in [2.05, 4.69) is 43.5 Å². The molecule has 6 heteroatoms. The van der Waals surface area contributed by atoms with Crippen LogP contribution in [0.3, 0.4) is 0 Å². The van der Waals surface area contributed by atoms with Crippen molar-refractivity contribution in [2.45, 2.75) is 238 Å². The van der Waals surface area contributed by atoms with E-state index in [1.165, 1.54) is 128 Å². The van der Waals surface area contributed by atoms with Crippen molar-refractivity contribution in [3.8, 4) is 0 Å². The minimum Gasteiger partial charge on any atom is -0.480 e. The Morgan fingerprint density at radius 3 is 1.43 bits per heavy atom. The molecule has 0 saturated heterocycles. The van der Waals surface area contributed by atoms with Crippen LogP contribution < -0.4 is 5.32 Å². The van der Waals surface area contributed by atoms with Crippen LogP contribution in [0.5, 0.6) is 0 Å². The Morgan fingerprint density at radius 2 is 0.922 bits per heavy atom. The molecule has 0 aliphatic rings. The molecule has 51 heavy (non-hydrogen) atoms. The molecular formula is C45H83NO5. The number of nitrogens with one attached hydrogen (secondary N) is 1. The molecule has 1 atom stereocenters. The average Bonchev–Trinajstić information content (AvgIpc) is 3.11. The number of hydrogen-bond donors (Lipinski definition) is 2. The molecule has 1 unspecified atom stereocenters. The fraction of sp³-hybridized carbons (Fsp3) is 0.844. The van der Waals surface area contributed by atoms with E-state index in [9.17, 15) is 14.4 Å². The number of carbonyl (C=O) groups is 3. The molecule has 0 fully saturated rings. The lowest BCUT2D eigenvalue weighted by atomic mass is 10.0.